The summed E-state index contributed by atoms with van der Waals surface area (Å²) in [5.41, 5.74) is 5.81. The Balaban J connectivity index is 0.000000505. The number of hydrogen-bond donors (Lipinski definition) is 3. The Kier molecular flexibility index (Phi) is 8.95. The highest BCUT2D eigenvalue weighted by Gasteiger charge is 2.38. The van der Waals surface area contributed by atoms with Crippen LogP contribution in [0, 0.1) is 6.92 Å². The maximum atomic E-state index is 12.6. The predicted octanol–water partition coefficient (Wildman–Crippen LogP) is 4.39. The highest BCUT2D eigenvalue weighted by atomic mass is 19.4. The van der Waals surface area contributed by atoms with Gasteiger partial charge in [-0.1, -0.05) is 42.0 Å². The van der Waals surface area contributed by atoms with Gasteiger partial charge in [-0.25, -0.2) is 9.78 Å². The number of nitrogens with zero attached hydrogens (tertiary/aromatic N) is 2. The number of ether oxygens (including phenoxy) is 1. The van der Waals surface area contributed by atoms with E-state index in [2.05, 4.69) is 10.3 Å². The lowest BCUT2D eigenvalue weighted by atomic mass is 10.1. The van der Waals surface area contributed by atoms with Crippen LogP contribution >= 0.6 is 0 Å². The Morgan fingerprint density at radius 2 is 1.92 bits per heavy atom. The summed E-state index contributed by atoms with van der Waals surface area (Å²) in [6.07, 6.45) is 0.833. The van der Waals surface area contributed by atoms with Crippen LogP contribution in [0.15, 0.2) is 60.6 Å². The highest BCUT2D eigenvalue weighted by Crippen LogP contribution is 2.31. The van der Waals surface area contributed by atoms with Gasteiger partial charge < -0.3 is 24.8 Å². The lowest BCUT2D eigenvalue weighted by molar-refractivity contribution is -0.192. The van der Waals surface area contributed by atoms with Gasteiger partial charge in [-0.05, 0) is 42.7 Å². The number of aromatic nitrogens is 2. The molecule has 1 aliphatic rings. The zero-order valence-corrected chi connectivity index (χ0v) is 21.0. The van der Waals surface area contributed by atoms with Crippen LogP contribution in [0.2, 0.25) is 0 Å². The standard InChI is InChI=1S/C25H27N3O3.C2HF3O2/c1-16(11-24(30)27-25-20-7-5-4-6-19(20)13-22(25)29)10-18-8-9-21(23(12-18)31-3)28-14-17(2)26-15-28;3-2(4,5)1(6)7/h4-10,12,14-15,22,25,29H,11,13H2,1-3H3,(H,27,30);(H,6,7)/b16-10+;/t22-,25+;/m0./s1. The van der Waals surface area contributed by atoms with Crippen molar-refractivity contribution in [3.63, 3.8) is 0 Å². The zero-order chi connectivity index (χ0) is 28.0. The largest absolute Gasteiger partial charge is 0.495 e. The van der Waals surface area contributed by atoms with Crippen LogP contribution in [0.3, 0.4) is 0 Å². The number of rotatable bonds is 6. The topological polar surface area (TPSA) is 114 Å². The number of benzene rings is 2. The van der Waals surface area contributed by atoms with Gasteiger partial charge in [0.15, 0.2) is 0 Å². The summed E-state index contributed by atoms with van der Waals surface area (Å²) in [7, 11) is 1.64. The quantitative estimate of drug-likeness (QED) is 0.435. The minimum Gasteiger partial charge on any atom is -0.495 e. The maximum absolute atomic E-state index is 12.6. The Bertz CT molecular complexity index is 1330. The fourth-order valence-corrected chi connectivity index (χ4v) is 4.11. The Hall–Kier alpha value is -4.12. The monoisotopic (exact) mass is 531 g/mol. The van der Waals surface area contributed by atoms with Crippen molar-refractivity contribution >= 4 is 18.0 Å². The molecule has 8 nitrogen and oxygen atoms in total. The van der Waals surface area contributed by atoms with Gasteiger partial charge in [0.2, 0.25) is 5.91 Å². The van der Waals surface area contributed by atoms with Crippen LogP contribution in [-0.2, 0) is 16.0 Å². The summed E-state index contributed by atoms with van der Waals surface area (Å²) in [5, 5.41) is 20.5. The fourth-order valence-electron chi connectivity index (χ4n) is 4.11. The summed E-state index contributed by atoms with van der Waals surface area (Å²) in [6.45, 7) is 3.87. The molecule has 202 valence electrons. The van der Waals surface area contributed by atoms with Crippen molar-refractivity contribution in [2.75, 3.05) is 7.11 Å². The molecule has 2 atom stereocenters. The number of carbonyl (C=O) groups is 2. The van der Waals surface area contributed by atoms with Crippen LogP contribution in [0.1, 0.15) is 41.8 Å². The number of amides is 1. The Morgan fingerprint density at radius 1 is 1.24 bits per heavy atom. The lowest BCUT2D eigenvalue weighted by Crippen LogP contribution is -2.33. The highest BCUT2D eigenvalue weighted by molar-refractivity contribution is 5.80. The van der Waals surface area contributed by atoms with Crippen molar-refractivity contribution in [1.29, 1.82) is 0 Å². The molecule has 1 amide bonds. The normalized spacial score (nSPS) is 16.8. The predicted molar refractivity (Wildman–Crippen MR) is 134 cm³/mol. The van der Waals surface area contributed by atoms with E-state index in [4.69, 9.17) is 14.6 Å². The van der Waals surface area contributed by atoms with E-state index >= 15 is 0 Å². The summed E-state index contributed by atoms with van der Waals surface area (Å²) in [6, 6.07) is 13.4. The van der Waals surface area contributed by atoms with Crippen LogP contribution in [0.5, 0.6) is 5.75 Å². The van der Waals surface area contributed by atoms with Crippen LogP contribution in [0.4, 0.5) is 13.2 Å². The third-order valence-electron chi connectivity index (χ3n) is 5.81. The number of alkyl halides is 3. The van der Waals surface area contributed by atoms with Crippen LogP contribution in [-0.4, -0.2) is 51.0 Å². The molecule has 0 fully saturated rings. The second kappa shape index (κ2) is 12.0. The first-order valence-electron chi connectivity index (χ1n) is 11.6. The molecule has 0 radical (unpaired) electrons. The van der Waals surface area contributed by atoms with Crippen molar-refractivity contribution in [1.82, 2.24) is 14.9 Å². The minimum atomic E-state index is -5.08. The van der Waals surface area contributed by atoms with Gasteiger partial charge in [-0.2, -0.15) is 13.2 Å². The van der Waals surface area contributed by atoms with Gasteiger partial charge in [-0.15, -0.1) is 0 Å². The third-order valence-corrected chi connectivity index (χ3v) is 5.81. The van der Waals surface area contributed by atoms with E-state index in [9.17, 15) is 23.1 Å². The average Bonchev–Trinajstić information content (AvgIpc) is 3.41. The molecule has 38 heavy (non-hydrogen) atoms. The van der Waals surface area contributed by atoms with Gasteiger partial charge in [-0.3, -0.25) is 4.79 Å². The number of carboxylic acid groups (broad SMARTS) is 1. The number of fused-ring (bicyclic) bond motifs is 1. The number of carbonyl (C=O) groups excluding carboxylic acids is 1. The molecule has 3 N–H and O–H groups in total. The van der Waals surface area contributed by atoms with Gasteiger partial charge in [0.05, 0.1) is 37.0 Å². The number of aryl methyl sites for hydroxylation is 1. The maximum Gasteiger partial charge on any atom is 0.490 e. The Labute approximate surface area is 217 Å². The number of aliphatic carboxylic acids is 1. The molecule has 0 unspecified atom stereocenters. The molecular formula is C27H28F3N3O5. The second-order valence-electron chi connectivity index (χ2n) is 8.84. The van der Waals surface area contributed by atoms with E-state index in [-0.39, 0.29) is 18.4 Å². The number of methoxy groups -OCH3 is 1. The van der Waals surface area contributed by atoms with Crippen molar-refractivity contribution < 1.29 is 37.7 Å². The summed E-state index contributed by atoms with van der Waals surface area (Å²) in [4.78, 5) is 25.8. The lowest BCUT2D eigenvalue weighted by Gasteiger charge is -2.18. The second-order valence-corrected chi connectivity index (χ2v) is 8.84. The first-order chi connectivity index (χ1) is 17.9. The number of halogens is 3. The number of aliphatic hydroxyl groups excluding tert-OH is 1. The molecule has 0 saturated carbocycles. The molecule has 2 aromatic carbocycles. The van der Waals surface area contributed by atoms with Crippen molar-refractivity contribution in [3.05, 3.63) is 82.9 Å². The van der Waals surface area contributed by atoms with Crippen LogP contribution < -0.4 is 10.1 Å². The molecule has 1 aromatic heterocycles. The molecule has 11 heteroatoms. The zero-order valence-electron chi connectivity index (χ0n) is 21.0. The third kappa shape index (κ3) is 7.22. The van der Waals surface area contributed by atoms with Crippen molar-refractivity contribution in [3.8, 4) is 11.4 Å². The van der Waals surface area contributed by atoms with E-state index in [1.807, 2.05) is 73.2 Å². The summed E-state index contributed by atoms with van der Waals surface area (Å²) < 4.78 is 39.2. The molecule has 1 aliphatic carbocycles. The van der Waals surface area contributed by atoms with Crippen molar-refractivity contribution in [2.24, 2.45) is 0 Å². The first-order valence-corrected chi connectivity index (χ1v) is 11.6. The Morgan fingerprint density at radius 3 is 2.53 bits per heavy atom. The van der Waals surface area contributed by atoms with Gasteiger partial charge in [0.25, 0.3) is 0 Å². The van der Waals surface area contributed by atoms with Crippen molar-refractivity contribution in [2.45, 2.75) is 45.0 Å². The van der Waals surface area contributed by atoms with Gasteiger partial charge in [0, 0.05) is 19.0 Å². The van der Waals surface area contributed by atoms with Crippen LogP contribution in [0.25, 0.3) is 11.8 Å². The molecule has 1 heterocycles. The number of carboxylic acids is 1. The fraction of sp³-hybridized carbons (Fsp3) is 0.296. The number of imidazole rings is 1. The number of hydrogen-bond acceptors (Lipinski definition) is 5. The van der Waals surface area contributed by atoms with E-state index in [0.29, 0.717) is 6.42 Å². The van der Waals surface area contributed by atoms with E-state index < -0.39 is 18.2 Å². The minimum absolute atomic E-state index is 0.105. The molecule has 0 spiro atoms. The first kappa shape index (κ1) is 28.5. The number of nitrogens with one attached hydrogen (secondary N) is 1. The molecule has 0 aliphatic heterocycles. The SMILES string of the molecule is COc1cc(/C=C(\C)CC(=O)N[C@@H]2c3ccccc3C[C@@H]2O)ccc1-n1cnc(C)c1.O=C(O)C(F)(F)F. The molecule has 3 aromatic rings. The number of aliphatic hydroxyl groups is 1. The van der Waals surface area contributed by atoms with Gasteiger partial charge >= 0.3 is 12.1 Å². The summed E-state index contributed by atoms with van der Waals surface area (Å²) >= 11 is 0. The average molecular weight is 532 g/mol. The van der Waals surface area contributed by atoms with E-state index in [1.54, 1.807) is 13.4 Å². The smallest absolute Gasteiger partial charge is 0.490 e. The molecule has 0 saturated heterocycles. The molecular weight excluding hydrogens is 503 g/mol. The summed E-state index contributed by atoms with van der Waals surface area (Å²) in [5.74, 6) is -2.13. The van der Waals surface area contributed by atoms with E-state index in [1.165, 1.54) is 0 Å². The van der Waals surface area contributed by atoms with E-state index in [0.717, 1.165) is 39.4 Å². The molecule has 4 rings (SSSR count). The van der Waals surface area contributed by atoms with Gasteiger partial charge in [0.1, 0.15) is 5.75 Å². The molecule has 0 bridgehead atoms.